The number of nitrogens with zero attached hydrogens (tertiary/aromatic N) is 3. The topological polar surface area (TPSA) is 80.5 Å². The highest BCUT2D eigenvalue weighted by molar-refractivity contribution is 5.78. The van der Waals surface area contributed by atoms with Gasteiger partial charge in [0, 0.05) is 25.3 Å². The number of carbonyl (C=O) groups is 1. The molecular formula is C27H40N4O3. The maximum atomic E-state index is 12.7. The molecule has 1 N–H and O–H groups in total. The van der Waals surface area contributed by atoms with Crippen molar-refractivity contribution >= 4 is 5.91 Å². The Morgan fingerprint density at radius 2 is 1.91 bits per heavy atom. The third-order valence-electron chi connectivity index (χ3n) is 6.99. The number of aromatic nitrogens is 2. The molecule has 1 saturated heterocycles. The van der Waals surface area contributed by atoms with Gasteiger partial charge in [0.2, 0.25) is 17.6 Å². The molecule has 1 atom stereocenters. The average Bonchev–Trinajstić information content (AvgIpc) is 3.51. The van der Waals surface area contributed by atoms with Gasteiger partial charge in [-0.05, 0) is 49.6 Å². The minimum absolute atomic E-state index is 0.0110. The molecule has 0 radical (unpaired) electrons. The first kappa shape index (κ1) is 24.9. The van der Waals surface area contributed by atoms with E-state index in [9.17, 15) is 4.79 Å². The predicted molar refractivity (Wildman–Crippen MR) is 132 cm³/mol. The summed E-state index contributed by atoms with van der Waals surface area (Å²) in [7, 11) is 0. The lowest BCUT2D eigenvalue weighted by Crippen LogP contribution is -2.43. The number of rotatable bonds is 9. The van der Waals surface area contributed by atoms with Crippen molar-refractivity contribution in [2.24, 2.45) is 5.92 Å². The first-order valence-electron chi connectivity index (χ1n) is 12.9. The van der Waals surface area contributed by atoms with Crippen molar-refractivity contribution in [3.8, 4) is 11.4 Å². The lowest BCUT2D eigenvalue weighted by Gasteiger charge is -2.30. The fourth-order valence-corrected chi connectivity index (χ4v) is 4.89. The van der Waals surface area contributed by atoms with Gasteiger partial charge >= 0.3 is 0 Å². The summed E-state index contributed by atoms with van der Waals surface area (Å²) in [5.74, 6) is 1.37. The van der Waals surface area contributed by atoms with Crippen molar-refractivity contribution in [2.75, 3.05) is 26.2 Å². The van der Waals surface area contributed by atoms with Crippen LogP contribution in [0, 0.1) is 5.92 Å². The molecule has 34 heavy (non-hydrogen) atoms. The Labute approximate surface area is 203 Å². The van der Waals surface area contributed by atoms with E-state index in [1.54, 1.807) is 0 Å². The third kappa shape index (κ3) is 6.89. The first-order valence-corrected chi connectivity index (χ1v) is 12.9. The number of likely N-dealkylation sites (tertiary alicyclic amines) is 1. The van der Waals surface area contributed by atoms with Crippen LogP contribution >= 0.6 is 0 Å². The number of carbonyl (C=O) groups excluding carboxylic acids is 1. The Morgan fingerprint density at radius 1 is 1.15 bits per heavy atom. The van der Waals surface area contributed by atoms with Gasteiger partial charge in [-0.15, -0.1) is 0 Å². The van der Waals surface area contributed by atoms with Crippen molar-refractivity contribution in [1.29, 1.82) is 0 Å². The summed E-state index contributed by atoms with van der Waals surface area (Å²) in [4.78, 5) is 19.5. The summed E-state index contributed by atoms with van der Waals surface area (Å²) in [6.45, 7) is 10.3. The van der Waals surface area contributed by atoms with E-state index < -0.39 is 0 Å². The standard InChI is InChI=1S/C27H40N4O3/c1-27(2,3)22-13-11-20(12-14-22)25-29-24(34-30-25)19-31-16-6-8-21(18-31)26(32)28-15-7-17-33-23-9-4-5-10-23/h11-14,21,23H,4-10,15-19H2,1-3H3,(H,28,32). The van der Waals surface area contributed by atoms with Crippen LogP contribution in [0.1, 0.15) is 77.2 Å². The van der Waals surface area contributed by atoms with E-state index in [0.29, 0.717) is 30.9 Å². The molecule has 2 fully saturated rings. The van der Waals surface area contributed by atoms with Gasteiger partial charge in [-0.1, -0.05) is 63.0 Å². The molecule has 7 nitrogen and oxygen atoms in total. The van der Waals surface area contributed by atoms with Crippen molar-refractivity contribution in [3.63, 3.8) is 0 Å². The molecule has 186 valence electrons. The van der Waals surface area contributed by atoms with Crippen LogP contribution in [0.5, 0.6) is 0 Å². The lowest BCUT2D eigenvalue weighted by molar-refractivity contribution is -0.126. The molecule has 1 saturated carbocycles. The molecule has 0 spiro atoms. The van der Waals surface area contributed by atoms with Crippen LogP contribution in [0.2, 0.25) is 0 Å². The SMILES string of the molecule is CC(C)(C)c1ccc(-c2noc(CN3CCCC(C(=O)NCCCOC4CCCC4)C3)n2)cc1. The number of nitrogens with one attached hydrogen (secondary N) is 1. The molecule has 0 bridgehead atoms. The number of piperidine rings is 1. The van der Waals surface area contributed by atoms with E-state index in [-0.39, 0.29) is 17.2 Å². The van der Waals surface area contributed by atoms with Crippen molar-refractivity contribution < 1.29 is 14.1 Å². The highest BCUT2D eigenvalue weighted by Gasteiger charge is 2.27. The molecule has 4 rings (SSSR count). The van der Waals surface area contributed by atoms with Gasteiger partial charge in [-0.2, -0.15) is 4.98 Å². The highest BCUT2D eigenvalue weighted by atomic mass is 16.5. The van der Waals surface area contributed by atoms with E-state index in [0.717, 1.165) is 44.5 Å². The van der Waals surface area contributed by atoms with E-state index in [1.807, 2.05) is 0 Å². The summed E-state index contributed by atoms with van der Waals surface area (Å²) < 4.78 is 11.4. The Morgan fingerprint density at radius 3 is 2.65 bits per heavy atom. The Kier molecular flexibility index (Phi) is 8.37. The molecule has 1 aromatic carbocycles. The second-order valence-corrected chi connectivity index (χ2v) is 10.8. The quantitative estimate of drug-likeness (QED) is 0.537. The number of hydrogen-bond donors (Lipinski definition) is 1. The summed E-state index contributed by atoms with van der Waals surface area (Å²) in [5, 5.41) is 7.29. The monoisotopic (exact) mass is 468 g/mol. The Balaban J connectivity index is 1.21. The fraction of sp³-hybridized carbons (Fsp3) is 0.667. The van der Waals surface area contributed by atoms with E-state index in [4.69, 9.17) is 9.26 Å². The molecule has 1 amide bonds. The molecule has 2 heterocycles. The smallest absolute Gasteiger partial charge is 0.241 e. The molecule has 7 heteroatoms. The molecule has 2 aromatic rings. The first-order chi connectivity index (χ1) is 16.4. The highest BCUT2D eigenvalue weighted by Crippen LogP contribution is 2.25. The zero-order valence-electron chi connectivity index (χ0n) is 21.0. The van der Waals surface area contributed by atoms with E-state index >= 15 is 0 Å². The van der Waals surface area contributed by atoms with Crippen molar-refractivity contribution in [3.05, 3.63) is 35.7 Å². The Hall–Kier alpha value is -2.25. The van der Waals surface area contributed by atoms with Crippen LogP contribution in [0.15, 0.2) is 28.8 Å². The normalized spacial score (nSPS) is 20.0. The fourth-order valence-electron chi connectivity index (χ4n) is 4.89. The second kappa shape index (κ2) is 11.5. The number of benzene rings is 1. The minimum Gasteiger partial charge on any atom is -0.378 e. The molecule has 1 unspecified atom stereocenters. The van der Waals surface area contributed by atoms with Crippen molar-refractivity contribution in [2.45, 2.75) is 83.8 Å². The Bertz CT molecular complexity index is 913. The molecule has 1 aliphatic heterocycles. The zero-order valence-corrected chi connectivity index (χ0v) is 21.0. The summed E-state index contributed by atoms with van der Waals surface area (Å²) in [6.07, 6.45) is 8.19. The minimum atomic E-state index is 0.0110. The number of amides is 1. The molecule has 1 aliphatic carbocycles. The third-order valence-corrected chi connectivity index (χ3v) is 6.99. The summed E-state index contributed by atoms with van der Waals surface area (Å²) in [5.41, 5.74) is 2.34. The van der Waals surface area contributed by atoms with E-state index in [1.165, 1.54) is 31.2 Å². The summed E-state index contributed by atoms with van der Waals surface area (Å²) >= 11 is 0. The zero-order chi connectivity index (χ0) is 24.0. The summed E-state index contributed by atoms with van der Waals surface area (Å²) in [6, 6.07) is 8.35. The molecule has 2 aliphatic rings. The maximum absolute atomic E-state index is 12.7. The lowest BCUT2D eigenvalue weighted by atomic mass is 9.87. The molecular weight excluding hydrogens is 428 g/mol. The van der Waals surface area contributed by atoms with Gasteiger partial charge in [0.25, 0.3) is 0 Å². The van der Waals surface area contributed by atoms with Crippen LogP contribution in [-0.2, 0) is 21.5 Å². The second-order valence-electron chi connectivity index (χ2n) is 10.8. The van der Waals surface area contributed by atoms with Crippen LogP contribution in [0.25, 0.3) is 11.4 Å². The number of ether oxygens (including phenoxy) is 1. The maximum Gasteiger partial charge on any atom is 0.241 e. The van der Waals surface area contributed by atoms with Gasteiger partial charge in [-0.3, -0.25) is 9.69 Å². The van der Waals surface area contributed by atoms with Gasteiger partial charge in [0.05, 0.1) is 18.6 Å². The predicted octanol–water partition coefficient (Wildman–Crippen LogP) is 4.71. The van der Waals surface area contributed by atoms with Gasteiger partial charge < -0.3 is 14.6 Å². The average molecular weight is 469 g/mol. The van der Waals surface area contributed by atoms with Crippen LogP contribution in [0.3, 0.4) is 0 Å². The van der Waals surface area contributed by atoms with Crippen LogP contribution in [-0.4, -0.2) is 53.3 Å². The largest absolute Gasteiger partial charge is 0.378 e. The van der Waals surface area contributed by atoms with Crippen LogP contribution < -0.4 is 5.32 Å². The van der Waals surface area contributed by atoms with E-state index in [2.05, 4.69) is 65.4 Å². The van der Waals surface area contributed by atoms with Gasteiger partial charge in [0.15, 0.2) is 0 Å². The van der Waals surface area contributed by atoms with Gasteiger partial charge in [-0.25, -0.2) is 0 Å². The van der Waals surface area contributed by atoms with Crippen LogP contribution in [0.4, 0.5) is 0 Å². The van der Waals surface area contributed by atoms with Crippen molar-refractivity contribution in [1.82, 2.24) is 20.4 Å². The molecule has 1 aromatic heterocycles. The van der Waals surface area contributed by atoms with Gasteiger partial charge in [0.1, 0.15) is 0 Å². The number of hydrogen-bond acceptors (Lipinski definition) is 6.